The number of hydrogen-bond donors (Lipinski definition) is 3. The van der Waals surface area contributed by atoms with Crippen LogP contribution in [0.3, 0.4) is 0 Å². The number of anilines is 1. The molecule has 0 fully saturated rings. The molecule has 6 heteroatoms. The number of H-pyrrole nitrogens is 1. The van der Waals surface area contributed by atoms with Crippen molar-refractivity contribution in [2.45, 2.75) is 6.42 Å². The first-order chi connectivity index (χ1) is 13.6. The predicted molar refractivity (Wildman–Crippen MR) is 110 cm³/mol. The smallest absolute Gasteiger partial charge is 0.256 e. The second-order valence-corrected chi connectivity index (χ2v) is 7.28. The number of amides is 2. The molecule has 3 N–H and O–H groups in total. The Morgan fingerprint density at radius 3 is 2.61 bits per heavy atom. The molecule has 5 nitrogen and oxygen atoms in total. The van der Waals surface area contributed by atoms with E-state index < -0.39 is 0 Å². The van der Waals surface area contributed by atoms with E-state index >= 15 is 0 Å². The summed E-state index contributed by atoms with van der Waals surface area (Å²) in [4.78, 5) is 28.5. The van der Waals surface area contributed by atoms with Crippen LogP contribution in [0, 0.1) is 0 Å². The van der Waals surface area contributed by atoms with Gasteiger partial charge in [0.25, 0.3) is 11.8 Å². The Morgan fingerprint density at radius 2 is 1.79 bits per heavy atom. The monoisotopic (exact) mass is 389 g/mol. The molecular weight excluding hydrogens is 374 g/mol. The van der Waals surface area contributed by atoms with Crippen molar-refractivity contribution in [1.29, 1.82) is 0 Å². The van der Waals surface area contributed by atoms with Crippen LogP contribution in [0.25, 0.3) is 22.8 Å². The molecule has 28 heavy (non-hydrogen) atoms. The van der Waals surface area contributed by atoms with Crippen LogP contribution in [0.1, 0.15) is 27.3 Å². The molecule has 2 aliphatic rings. The van der Waals surface area contributed by atoms with Gasteiger partial charge in [-0.05, 0) is 29.8 Å². The van der Waals surface area contributed by atoms with E-state index in [0.717, 1.165) is 40.2 Å². The first-order valence-electron chi connectivity index (χ1n) is 9.03. The van der Waals surface area contributed by atoms with E-state index in [2.05, 4.69) is 15.6 Å². The molecule has 5 rings (SSSR count). The van der Waals surface area contributed by atoms with Gasteiger partial charge in [0.1, 0.15) is 0 Å². The molecule has 2 amide bonds. The van der Waals surface area contributed by atoms with Gasteiger partial charge in [0.05, 0.1) is 11.1 Å². The van der Waals surface area contributed by atoms with E-state index in [9.17, 15) is 9.59 Å². The summed E-state index contributed by atoms with van der Waals surface area (Å²) < 4.78 is 0. The van der Waals surface area contributed by atoms with Gasteiger partial charge in [-0.25, -0.2) is 0 Å². The molecule has 0 saturated carbocycles. The molecule has 0 unspecified atom stereocenters. The van der Waals surface area contributed by atoms with Crippen molar-refractivity contribution in [3.8, 4) is 11.1 Å². The Bertz CT molecular complexity index is 1160. The van der Waals surface area contributed by atoms with Gasteiger partial charge in [-0.15, -0.1) is 0 Å². The molecule has 0 atom stereocenters. The molecule has 2 aliphatic heterocycles. The number of hydrogen-bond acceptors (Lipinski definition) is 2. The highest BCUT2D eigenvalue weighted by atomic mass is 35.5. The van der Waals surface area contributed by atoms with Crippen molar-refractivity contribution < 1.29 is 9.59 Å². The number of fused-ring (bicyclic) bond motifs is 2. The minimum Gasteiger partial charge on any atom is -0.358 e. The Labute approximate surface area is 166 Å². The second kappa shape index (κ2) is 6.39. The SMILES string of the molecule is O=C1Nc2ccc(Cl)cc2/C1=C/c1[nH]c2c(c1-c1ccccc1)C(=O)NCC2. The van der Waals surface area contributed by atoms with Crippen LogP contribution >= 0.6 is 11.6 Å². The zero-order chi connectivity index (χ0) is 19.3. The lowest BCUT2D eigenvalue weighted by molar-refractivity contribution is -0.110. The maximum absolute atomic E-state index is 12.6. The van der Waals surface area contributed by atoms with Crippen LogP contribution in [0.2, 0.25) is 5.02 Å². The Hall–Kier alpha value is -3.31. The average Bonchev–Trinajstić information content (AvgIpc) is 3.21. The molecule has 0 saturated heterocycles. The van der Waals surface area contributed by atoms with E-state index in [1.165, 1.54) is 0 Å². The van der Waals surface area contributed by atoms with E-state index in [4.69, 9.17) is 11.6 Å². The summed E-state index contributed by atoms with van der Waals surface area (Å²) >= 11 is 6.14. The lowest BCUT2D eigenvalue weighted by Gasteiger charge is -2.13. The normalized spacial score (nSPS) is 16.5. The highest BCUT2D eigenvalue weighted by Gasteiger charge is 2.29. The molecule has 3 aromatic rings. The third-order valence-electron chi connectivity index (χ3n) is 5.11. The van der Waals surface area contributed by atoms with E-state index in [-0.39, 0.29) is 11.8 Å². The van der Waals surface area contributed by atoms with Crippen LogP contribution in [0.4, 0.5) is 5.69 Å². The number of aromatic nitrogens is 1. The third kappa shape index (κ3) is 2.63. The van der Waals surface area contributed by atoms with Gasteiger partial charge in [0, 0.05) is 46.2 Å². The molecule has 0 bridgehead atoms. The summed E-state index contributed by atoms with van der Waals surface area (Å²) in [5.74, 6) is -0.284. The number of carbonyl (C=O) groups excluding carboxylic acids is 2. The molecular formula is C22H16ClN3O2. The van der Waals surface area contributed by atoms with Crippen molar-refractivity contribution in [2.24, 2.45) is 0 Å². The predicted octanol–water partition coefficient (Wildman–Crippen LogP) is 4.11. The van der Waals surface area contributed by atoms with Gasteiger partial charge in [0.15, 0.2) is 0 Å². The fraction of sp³-hybridized carbons (Fsp3) is 0.0909. The van der Waals surface area contributed by atoms with E-state index in [0.29, 0.717) is 22.7 Å². The summed E-state index contributed by atoms with van der Waals surface area (Å²) in [6.07, 6.45) is 2.53. The number of benzene rings is 2. The zero-order valence-corrected chi connectivity index (χ0v) is 15.6. The zero-order valence-electron chi connectivity index (χ0n) is 14.8. The van der Waals surface area contributed by atoms with Gasteiger partial charge in [-0.3, -0.25) is 9.59 Å². The Kier molecular flexibility index (Phi) is 3.84. The van der Waals surface area contributed by atoms with Crippen molar-refractivity contribution in [2.75, 3.05) is 11.9 Å². The van der Waals surface area contributed by atoms with E-state index in [1.807, 2.05) is 36.4 Å². The van der Waals surface area contributed by atoms with Crippen molar-refractivity contribution in [3.63, 3.8) is 0 Å². The van der Waals surface area contributed by atoms with Crippen LogP contribution in [0.15, 0.2) is 48.5 Å². The third-order valence-corrected chi connectivity index (χ3v) is 5.35. The topological polar surface area (TPSA) is 74.0 Å². The Morgan fingerprint density at radius 1 is 0.964 bits per heavy atom. The lowest BCUT2D eigenvalue weighted by Crippen LogP contribution is -2.31. The number of nitrogens with one attached hydrogen (secondary N) is 3. The molecule has 138 valence electrons. The average molecular weight is 390 g/mol. The van der Waals surface area contributed by atoms with Crippen LogP contribution in [-0.4, -0.2) is 23.3 Å². The molecule has 3 heterocycles. The first kappa shape index (κ1) is 16.8. The van der Waals surface area contributed by atoms with Gasteiger partial charge < -0.3 is 15.6 Å². The number of carbonyl (C=O) groups is 2. The minimum atomic E-state index is -0.187. The largest absolute Gasteiger partial charge is 0.358 e. The molecule has 1 aromatic heterocycles. The molecule has 2 aromatic carbocycles. The Balaban J connectivity index is 1.74. The highest BCUT2D eigenvalue weighted by Crippen LogP contribution is 2.38. The fourth-order valence-corrected chi connectivity index (χ4v) is 4.03. The van der Waals surface area contributed by atoms with Crippen molar-refractivity contribution >= 4 is 40.8 Å². The second-order valence-electron chi connectivity index (χ2n) is 6.84. The minimum absolute atomic E-state index is 0.0969. The van der Waals surface area contributed by atoms with Crippen molar-refractivity contribution in [3.05, 3.63) is 76.1 Å². The van der Waals surface area contributed by atoms with E-state index in [1.54, 1.807) is 18.2 Å². The summed E-state index contributed by atoms with van der Waals surface area (Å²) in [5.41, 5.74) is 6.02. The number of aromatic amines is 1. The summed E-state index contributed by atoms with van der Waals surface area (Å²) in [6, 6.07) is 15.0. The maximum Gasteiger partial charge on any atom is 0.256 e. The van der Waals surface area contributed by atoms with Crippen LogP contribution in [0.5, 0.6) is 0 Å². The standard InChI is InChI=1S/C22H16ClN3O2/c23-13-6-7-16-14(10-13)15(21(27)26-16)11-18-19(12-4-2-1-3-5-12)20-17(25-18)8-9-24-22(20)28/h1-7,10-11,25H,8-9H2,(H,24,28)(H,26,27)/b15-11-. The number of rotatable bonds is 2. The summed E-state index contributed by atoms with van der Waals surface area (Å²) in [7, 11) is 0. The van der Waals surface area contributed by atoms with Gasteiger partial charge >= 0.3 is 0 Å². The van der Waals surface area contributed by atoms with Crippen LogP contribution < -0.4 is 10.6 Å². The van der Waals surface area contributed by atoms with Gasteiger partial charge in [0.2, 0.25) is 0 Å². The van der Waals surface area contributed by atoms with Gasteiger partial charge in [-0.1, -0.05) is 41.9 Å². The lowest BCUT2D eigenvalue weighted by atomic mass is 9.96. The number of halogens is 1. The fourth-order valence-electron chi connectivity index (χ4n) is 3.86. The molecule has 0 spiro atoms. The molecule has 0 aliphatic carbocycles. The quantitative estimate of drug-likeness (QED) is 0.577. The summed E-state index contributed by atoms with van der Waals surface area (Å²) in [6.45, 7) is 0.593. The van der Waals surface area contributed by atoms with Crippen LogP contribution in [-0.2, 0) is 11.2 Å². The first-order valence-corrected chi connectivity index (χ1v) is 9.41. The van der Waals surface area contributed by atoms with Gasteiger partial charge in [-0.2, -0.15) is 0 Å². The highest BCUT2D eigenvalue weighted by molar-refractivity contribution is 6.37. The summed E-state index contributed by atoms with van der Waals surface area (Å²) in [5, 5.41) is 6.34. The van der Waals surface area contributed by atoms with Crippen molar-refractivity contribution in [1.82, 2.24) is 10.3 Å². The molecule has 0 radical (unpaired) electrons. The maximum atomic E-state index is 12.6.